The maximum Gasteiger partial charge on any atom is 0.280 e. The summed E-state index contributed by atoms with van der Waals surface area (Å²) in [4.78, 5) is 23.7. The van der Waals surface area contributed by atoms with Crippen molar-refractivity contribution in [2.75, 3.05) is 0 Å². The zero-order chi connectivity index (χ0) is 16.4. The van der Waals surface area contributed by atoms with Crippen LogP contribution in [-0.2, 0) is 6.73 Å². The summed E-state index contributed by atoms with van der Waals surface area (Å²) in [5, 5.41) is 8.53. The first-order valence-electron chi connectivity index (χ1n) is 6.61. The number of rotatable bonds is 4. The molecule has 0 fully saturated rings. The van der Waals surface area contributed by atoms with Crippen LogP contribution in [0.3, 0.4) is 0 Å². The van der Waals surface area contributed by atoms with Crippen molar-refractivity contribution >= 4 is 28.4 Å². The Morgan fingerprint density at radius 3 is 2.83 bits per heavy atom. The van der Waals surface area contributed by atoms with E-state index in [0.717, 1.165) is 4.68 Å². The van der Waals surface area contributed by atoms with Crippen molar-refractivity contribution in [3.05, 3.63) is 63.4 Å². The number of halogens is 1. The normalized spacial score (nSPS) is 10.7. The van der Waals surface area contributed by atoms with Gasteiger partial charge in [-0.2, -0.15) is 4.68 Å². The highest BCUT2D eigenvalue weighted by Crippen LogP contribution is 2.22. The third-order valence-corrected chi connectivity index (χ3v) is 3.41. The van der Waals surface area contributed by atoms with Crippen molar-refractivity contribution in [1.29, 1.82) is 0 Å². The van der Waals surface area contributed by atoms with Gasteiger partial charge >= 0.3 is 0 Å². The molecule has 8 heteroatoms. The van der Waals surface area contributed by atoms with E-state index in [1.54, 1.807) is 30.3 Å². The second-order valence-corrected chi connectivity index (χ2v) is 5.13. The molecule has 0 aliphatic heterocycles. The number of primary amides is 1. The monoisotopic (exact) mass is 330 g/mol. The van der Waals surface area contributed by atoms with Crippen LogP contribution in [-0.4, -0.2) is 20.9 Å². The van der Waals surface area contributed by atoms with Crippen LogP contribution in [0.25, 0.3) is 10.9 Å². The molecule has 1 amide bonds. The molecule has 0 unspecified atom stereocenters. The summed E-state index contributed by atoms with van der Waals surface area (Å²) >= 11 is 5.83. The molecule has 0 saturated heterocycles. The number of nitrogens with two attached hydrogens (primary N) is 1. The number of fused-ring (bicyclic) bond motifs is 1. The first-order valence-corrected chi connectivity index (χ1v) is 6.99. The van der Waals surface area contributed by atoms with Gasteiger partial charge in [-0.05, 0) is 30.3 Å². The Bertz CT molecular complexity index is 955. The molecular weight excluding hydrogens is 320 g/mol. The van der Waals surface area contributed by atoms with Crippen molar-refractivity contribution < 1.29 is 9.53 Å². The molecular formula is C15H11ClN4O3. The molecule has 2 N–H and O–H groups in total. The molecule has 2 aromatic carbocycles. The summed E-state index contributed by atoms with van der Waals surface area (Å²) in [5.74, 6) is -0.469. The van der Waals surface area contributed by atoms with E-state index in [0.29, 0.717) is 15.9 Å². The lowest BCUT2D eigenvalue weighted by Crippen LogP contribution is -2.27. The summed E-state index contributed by atoms with van der Waals surface area (Å²) in [6.07, 6.45) is 0. The maximum absolute atomic E-state index is 12.3. The fraction of sp³-hybridized carbons (Fsp3) is 0.0667. The molecule has 3 aromatic rings. The Labute approximate surface area is 135 Å². The Balaban J connectivity index is 1.91. The van der Waals surface area contributed by atoms with Crippen molar-refractivity contribution in [3.63, 3.8) is 0 Å². The van der Waals surface area contributed by atoms with Crippen LogP contribution in [0.15, 0.2) is 47.3 Å². The molecule has 0 spiro atoms. The van der Waals surface area contributed by atoms with Crippen LogP contribution in [0.4, 0.5) is 0 Å². The van der Waals surface area contributed by atoms with Gasteiger partial charge in [0, 0.05) is 5.02 Å². The van der Waals surface area contributed by atoms with Crippen LogP contribution in [0.2, 0.25) is 5.02 Å². The van der Waals surface area contributed by atoms with Gasteiger partial charge in [-0.15, -0.1) is 5.10 Å². The largest absolute Gasteiger partial charge is 0.470 e. The van der Waals surface area contributed by atoms with Crippen molar-refractivity contribution in [2.24, 2.45) is 5.73 Å². The van der Waals surface area contributed by atoms with Crippen molar-refractivity contribution in [3.8, 4) is 5.75 Å². The van der Waals surface area contributed by atoms with Gasteiger partial charge in [0.2, 0.25) is 0 Å². The van der Waals surface area contributed by atoms with E-state index in [2.05, 4.69) is 10.3 Å². The first-order chi connectivity index (χ1) is 11.1. The second kappa shape index (κ2) is 6.05. The summed E-state index contributed by atoms with van der Waals surface area (Å²) < 4.78 is 6.53. The standard InChI is InChI=1S/C15H11ClN4O3/c16-9-5-6-13(11(7-9)14(17)21)23-8-20-15(22)10-3-1-2-4-12(10)18-19-20/h1-7H,8H2,(H2,17,21). The van der Waals surface area contributed by atoms with Gasteiger partial charge in [0.05, 0.1) is 10.9 Å². The van der Waals surface area contributed by atoms with E-state index in [1.807, 2.05) is 0 Å². The summed E-state index contributed by atoms with van der Waals surface area (Å²) in [5.41, 5.74) is 5.56. The van der Waals surface area contributed by atoms with E-state index < -0.39 is 5.91 Å². The van der Waals surface area contributed by atoms with E-state index in [9.17, 15) is 9.59 Å². The number of amides is 1. The van der Waals surface area contributed by atoms with Crippen LogP contribution in [0.5, 0.6) is 5.75 Å². The van der Waals surface area contributed by atoms with E-state index in [1.165, 1.54) is 12.1 Å². The van der Waals surface area contributed by atoms with E-state index in [-0.39, 0.29) is 23.6 Å². The van der Waals surface area contributed by atoms with Gasteiger partial charge in [-0.25, -0.2) is 0 Å². The van der Waals surface area contributed by atoms with Crippen molar-refractivity contribution in [1.82, 2.24) is 15.0 Å². The predicted molar refractivity (Wildman–Crippen MR) is 84.4 cm³/mol. The van der Waals surface area contributed by atoms with Crippen LogP contribution in [0, 0.1) is 0 Å². The van der Waals surface area contributed by atoms with Crippen LogP contribution >= 0.6 is 11.6 Å². The maximum atomic E-state index is 12.3. The molecule has 0 saturated carbocycles. The van der Waals surface area contributed by atoms with Crippen LogP contribution < -0.4 is 16.0 Å². The lowest BCUT2D eigenvalue weighted by Gasteiger charge is -2.10. The summed E-state index contributed by atoms with van der Waals surface area (Å²) in [6.45, 7) is -0.210. The Morgan fingerprint density at radius 2 is 2.04 bits per heavy atom. The molecule has 0 atom stereocenters. The Kier molecular flexibility index (Phi) is 3.94. The van der Waals surface area contributed by atoms with Gasteiger partial charge in [-0.1, -0.05) is 28.9 Å². The fourth-order valence-electron chi connectivity index (χ4n) is 2.06. The highest BCUT2D eigenvalue weighted by molar-refractivity contribution is 6.31. The number of hydrogen-bond donors (Lipinski definition) is 1. The van der Waals surface area contributed by atoms with Gasteiger partial charge in [-0.3, -0.25) is 9.59 Å². The first kappa shape index (κ1) is 15.0. The molecule has 1 heterocycles. The van der Waals surface area contributed by atoms with Crippen molar-refractivity contribution in [2.45, 2.75) is 6.73 Å². The number of carbonyl (C=O) groups is 1. The summed E-state index contributed by atoms with van der Waals surface area (Å²) in [6, 6.07) is 11.3. The quantitative estimate of drug-likeness (QED) is 0.782. The number of aromatic nitrogens is 3. The Morgan fingerprint density at radius 1 is 1.26 bits per heavy atom. The highest BCUT2D eigenvalue weighted by Gasteiger charge is 2.11. The third kappa shape index (κ3) is 3.00. The van der Waals surface area contributed by atoms with Crippen LogP contribution in [0.1, 0.15) is 10.4 Å². The van der Waals surface area contributed by atoms with Gasteiger partial charge in [0.1, 0.15) is 11.3 Å². The molecule has 0 radical (unpaired) electrons. The number of carbonyl (C=O) groups excluding carboxylic acids is 1. The Hall–Kier alpha value is -2.93. The molecule has 1 aromatic heterocycles. The molecule has 0 aliphatic rings. The minimum Gasteiger partial charge on any atom is -0.470 e. The lowest BCUT2D eigenvalue weighted by atomic mass is 10.2. The molecule has 3 rings (SSSR count). The fourth-order valence-corrected chi connectivity index (χ4v) is 2.23. The minimum absolute atomic E-state index is 0.124. The zero-order valence-corrected chi connectivity index (χ0v) is 12.5. The number of nitrogens with zero attached hydrogens (tertiary/aromatic N) is 3. The number of benzene rings is 2. The molecule has 23 heavy (non-hydrogen) atoms. The smallest absolute Gasteiger partial charge is 0.280 e. The third-order valence-electron chi connectivity index (χ3n) is 3.18. The minimum atomic E-state index is -0.681. The highest BCUT2D eigenvalue weighted by atomic mass is 35.5. The molecule has 116 valence electrons. The number of ether oxygens (including phenoxy) is 1. The average Bonchev–Trinajstić information content (AvgIpc) is 2.55. The molecule has 7 nitrogen and oxygen atoms in total. The number of hydrogen-bond acceptors (Lipinski definition) is 5. The molecule has 0 aliphatic carbocycles. The van der Waals surface area contributed by atoms with E-state index >= 15 is 0 Å². The summed E-state index contributed by atoms with van der Waals surface area (Å²) in [7, 11) is 0. The topological polar surface area (TPSA) is 100 Å². The van der Waals surface area contributed by atoms with Gasteiger partial charge in [0.15, 0.2) is 6.73 Å². The molecule has 0 bridgehead atoms. The second-order valence-electron chi connectivity index (χ2n) is 4.69. The van der Waals surface area contributed by atoms with E-state index in [4.69, 9.17) is 22.1 Å². The SMILES string of the molecule is NC(=O)c1cc(Cl)ccc1OCn1nnc2ccccc2c1=O. The lowest BCUT2D eigenvalue weighted by molar-refractivity contribution is 0.0993. The average molecular weight is 331 g/mol. The predicted octanol–water partition coefficient (Wildman–Crippen LogP) is 1.58. The zero-order valence-electron chi connectivity index (χ0n) is 11.8. The van der Waals surface area contributed by atoms with Gasteiger partial charge < -0.3 is 10.5 Å². The van der Waals surface area contributed by atoms with Gasteiger partial charge in [0.25, 0.3) is 11.5 Å².